The van der Waals surface area contributed by atoms with Crippen LogP contribution in [0, 0.1) is 0 Å². The first-order chi connectivity index (χ1) is 10.1. The van der Waals surface area contributed by atoms with Crippen molar-refractivity contribution in [3.8, 4) is 5.75 Å². The quantitative estimate of drug-likeness (QED) is 0.816. The van der Waals surface area contributed by atoms with Crippen molar-refractivity contribution < 1.29 is 13.2 Å². The second kappa shape index (κ2) is 7.04. The Kier molecular flexibility index (Phi) is 5.35. The molecule has 7 heteroatoms. The van der Waals surface area contributed by atoms with Crippen LogP contribution < -0.4 is 14.8 Å². The minimum Gasteiger partial charge on any atom is -0.495 e. The van der Waals surface area contributed by atoms with E-state index in [9.17, 15) is 8.42 Å². The van der Waals surface area contributed by atoms with Gasteiger partial charge in [0.05, 0.1) is 7.11 Å². The zero-order chi connectivity index (χ0) is 15.3. The van der Waals surface area contributed by atoms with Crippen molar-refractivity contribution in [3.63, 3.8) is 0 Å². The third kappa shape index (κ3) is 4.04. The predicted molar refractivity (Wildman–Crippen MR) is 84.1 cm³/mol. The van der Waals surface area contributed by atoms with Gasteiger partial charge < -0.3 is 10.1 Å². The fourth-order valence-corrected chi connectivity index (χ4v) is 3.80. The zero-order valence-electron chi connectivity index (χ0n) is 11.9. The van der Waals surface area contributed by atoms with Crippen molar-refractivity contribution in [2.24, 2.45) is 0 Å². The summed E-state index contributed by atoms with van der Waals surface area (Å²) in [6.45, 7) is 0.931. The van der Waals surface area contributed by atoms with E-state index in [4.69, 9.17) is 4.74 Å². The van der Waals surface area contributed by atoms with Gasteiger partial charge in [0.25, 0.3) is 0 Å². The Morgan fingerprint density at radius 3 is 2.67 bits per heavy atom. The molecule has 2 N–H and O–H groups in total. The molecule has 0 fully saturated rings. The fourth-order valence-electron chi connectivity index (χ4n) is 1.91. The van der Waals surface area contributed by atoms with Gasteiger partial charge in [0.2, 0.25) is 10.0 Å². The maximum Gasteiger partial charge on any atom is 0.244 e. The number of thiophene rings is 1. The number of methoxy groups -OCH3 is 1. The van der Waals surface area contributed by atoms with Crippen LogP contribution in [0.15, 0.2) is 40.6 Å². The number of rotatable bonds is 7. The monoisotopic (exact) mass is 326 g/mol. The number of hydrogen-bond acceptors (Lipinski definition) is 5. The Balaban J connectivity index is 2.22. The Hall–Kier alpha value is -1.41. The van der Waals surface area contributed by atoms with Gasteiger partial charge in [0, 0.05) is 18.0 Å². The summed E-state index contributed by atoms with van der Waals surface area (Å²) < 4.78 is 32.6. The van der Waals surface area contributed by atoms with Crippen molar-refractivity contribution in [2.45, 2.75) is 18.0 Å². The summed E-state index contributed by atoms with van der Waals surface area (Å²) in [5, 5.41) is 4.93. The number of ether oxygens (including phenoxy) is 1. The standard InChI is InChI=1S/C14H18N2O3S2/c1-15-9-11-5-6-14(13(8-11)19-2)21(17,18)16-10-12-4-3-7-20-12/h3-8,15-16H,9-10H2,1-2H3. The summed E-state index contributed by atoms with van der Waals surface area (Å²) in [4.78, 5) is 1.12. The molecular formula is C14H18N2O3S2. The lowest BCUT2D eigenvalue weighted by atomic mass is 10.2. The van der Waals surface area contributed by atoms with Crippen LogP contribution in [0.25, 0.3) is 0 Å². The highest BCUT2D eigenvalue weighted by atomic mass is 32.2. The largest absolute Gasteiger partial charge is 0.495 e. The predicted octanol–water partition coefficient (Wildman–Crippen LogP) is 1.95. The van der Waals surface area contributed by atoms with Crippen molar-refractivity contribution >= 4 is 21.4 Å². The Morgan fingerprint density at radius 1 is 1.24 bits per heavy atom. The molecule has 0 aliphatic rings. The van der Waals surface area contributed by atoms with Gasteiger partial charge in [-0.2, -0.15) is 0 Å². The molecule has 0 radical (unpaired) electrons. The van der Waals surface area contributed by atoms with Gasteiger partial charge >= 0.3 is 0 Å². The molecule has 21 heavy (non-hydrogen) atoms. The highest BCUT2D eigenvalue weighted by Crippen LogP contribution is 2.25. The van der Waals surface area contributed by atoms with Crippen LogP contribution in [0.3, 0.4) is 0 Å². The molecular weight excluding hydrogens is 308 g/mol. The van der Waals surface area contributed by atoms with E-state index < -0.39 is 10.0 Å². The molecule has 2 rings (SSSR count). The molecule has 0 aliphatic carbocycles. The molecule has 0 spiro atoms. The first kappa shape index (κ1) is 16.0. The Bertz CT molecular complexity index is 682. The van der Waals surface area contributed by atoms with Crippen LogP contribution in [0.4, 0.5) is 0 Å². The van der Waals surface area contributed by atoms with Gasteiger partial charge in [-0.1, -0.05) is 12.1 Å². The third-order valence-electron chi connectivity index (χ3n) is 2.91. The molecule has 1 heterocycles. The summed E-state index contributed by atoms with van der Waals surface area (Å²) in [6, 6.07) is 8.86. The first-order valence-electron chi connectivity index (χ1n) is 6.40. The molecule has 0 saturated heterocycles. The van der Waals surface area contributed by atoms with E-state index >= 15 is 0 Å². The van der Waals surface area contributed by atoms with Crippen molar-refractivity contribution in [1.29, 1.82) is 0 Å². The van der Waals surface area contributed by atoms with E-state index in [1.54, 1.807) is 18.2 Å². The summed E-state index contributed by atoms with van der Waals surface area (Å²) in [7, 11) is -0.297. The molecule has 114 valence electrons. The summed E-state index contributed by atoms with van der Waals surface area (Å²) in [6.07, 6.45) is 0. The van der Waals surface area contributed by atoms with Crippen molar-refractivity contribution in [1.82, 2.24) is 10.0 Å². The third-order valence-corrected chi connectivity index (χ3v) is 5.23. The molecule has 0 aliphatic heterocycles. The zero-order valence-corrected chi connectivity index (χ0v) is 13.6. The van der Waals surface area contributed by atoms with Crippen LogP contribution in [0.1, 0.15) is 10.4 Å². The highest BCUT2D eigenvalue weighted by Gasteiger charge is 2.19. The lowest BCUT2D eigenvalue weighted by Crippen LogP contribution is -2.23. The lowest BCUT2D eigenvalue weighted by molar-refractivity contribution is 0.401. The number of sulfonamides is 1. The van der Waals surface area contributed by atoms with Gasteiger partial charge in [0.1, 0.15) is 10.6 Å². The molecule has 5 nitrogen and oxygen atoms in total. The number of nitrogens with one attached hydrogen (secondary N) is 2. The topological polar surface area (TPSA) is 67.4 Å². The number of hydrogen-bond donors (Lipinski definition) is 2. The summed E-state index contributed by atoms with van der Waals surface area (Å²) in [5.41, 5.74) is 0.964. The summed E-state index contributed by atoms with van der Waals surface area (Å²) >= 11 is 1.51. The van der Waals surface area contributed by atoms with Crippen LogP contribution in [0.5, 0.6) is 5.75 Å². The maximum absolute atomic E-state index is 12.4. The summed E-state index contributed by atoms with van der Waals surface area (Å²) in [5.74, 6) is 0.349. The molecule has 0 amide bonds. The van der Waals surface area contributed by atoms with Crippen molar-refractivity contribution in [3.05, 3.63) is 46.2 Å². The molecule has 0 atom stereocenters. The smallest absolute Gasteiger partial charge is 0.244 e. The first-order valence-corrected chi connectivity index (χ1v) is 8.76. The van der Waals surface area contributed by atoms with Crippen LogP contribution in [-0.2, 0) is 23.1 Å². The molecule has 0 bridgehead atoms. The second-order valence-electron chi connectivity index (χ2n) is 4.42. The SMILES string of the molecule is CNCc1ccc(S(=O)(=O)NCc2cccs2)c(OC)c1. The van der Waals surface area contributed by atoms with Crippen molar-refractivity contribution in [2.75, 3.05) is 14.2 Å². The normalized spacial score (nSPS) is 11.5. The molecule has 1 aromatic heterocycles. The maximum atomic E-state index is 12.4. The van der Waals surface area contributed by atoms with E-state index in [1.807, 2.05) is 24.6 Å². The Labute approximate surface area is 129 Å². The van der Waals surface area contributed by atoms with Gasteiger partial charge in [-0.05, 0) is 36.2 Å². The molecule has 2 aromatic rings. The highest BCUT2D eigenvalue weighted by molar-refractivity contribution is 7.89. The van der Waals surface area contributed by atoms with Crippen LogP contribution in [-0.4, -0.2) is 22.6 Å². The average molecular weight is 326 g/mol. The van der Waals surface area contributed by atoms with Gasteiger partial charge in [0.15, 0.2) is 0 Å². The Morgan fingerprint density at radius 2 is 2.05 bits per heavy atom. The van der Waals surface area contributed by atoms with Gasteiger partial charge in [-0.3, -0.25) is 0 Å². The van der Waals surface area contributed by atoms with Crippen LogP contribution in [0.2, 0.25) is 0 Å². The van der Waals surface area contributed by atoms with Crippen LogP contribution >= 0.6 is 11.3 Å². The van der Waals surface area contributed by atoms with E-state index in [0.29, 0.717) is 12.3 Å². The number of benzene rings is 1. The molecule has 1 aromatic carbocycles. The van der Waals surface area contributed by atoms with E-state index in [0.717, 1.165) is 10.4 Å². The molecule has 0 unspecified atom stereocenters. The average Bonchev–Trinajstić information content (AvgIpc) is 2.98. The minimum absolute atomic E-state index is 0.154. The van der Waals surface area contributed by atoms with Gasteiger partial charge in [-0.15, -0.1) is 11.3 Å². The second-order valence-corrected chi connectivity index (χ2v) is 7.19. The minimum atomic E-state index is -3.60. The van der Waals surface area contributed by atoms with E-state index in [-0.39, 0.29) is 11.4 Å². The fraction of sp³-hybridized carbons (Fsp3) is 0.286. The molecule has 0 saturated carbocycles. The van der Waals surface area contributed by atoms with E-state index in [2.05, 4.69) is 10.0 Å². The van der Waals surface area contributed by atoms with Gasteiger partial charge in [-0.25, -0.2) is 13.1 Å². The van der Waals surface area contributed by atoms with E-state index in [1.165, 1.54) is 18.4 Å². The lowest BCUT2D eigenvalue weighted by Gasteiger charge is -2.12.